The first-order valence-electron chi connectivity index (χ1n) is 5.96. The minimum absolute atomic E-state index is 0.238. The van der Waals surface area contributed by atoms with E-state index in [-0.39, 0.29) is 11.4 Å². The molecule has 0 bridgehead atoms. The van der Waals surface area contributed by atoms with Crippen LogP contribution in [0.1, 0.15) is 5.56 Å². The third-order valence-electron chi connectivity index (χ3n) is 2.90. The minimum atomic E-state index is -3.56. The summed E-state index contributed by atoms with van der Waals surface area (Å²) in [5, 5.41) is 0.625. The zero-order valence-electron chi connectivity index (χ0n) is 11.1. The van der Waals surface area contributed by atoms with Crippen molar-refractivity contribution in [3.05, 3.63) is 62.0 Å². The van der Waals surface area contributed by atoms with Crippen molar-refractivity contribution < 1.29 is 8.42 Å². The average molecular weight is 454 g/mol. The standard InChI is InChI=1S/C14H12Br2ClNO2S/c1-18(9-10-2-5-12(17)6-3-10)21(19,20)14-7-4-11(15)8-13(14)16/h2-8H,9H2,1H3. The number of benzene rings is 2. The third kappa shape index (κ3) is 4.07. The van der Waals surface area contributed by atoms with Crippen molar-refractivity contribution in [1.82, 2.24) is 4.31 Å². The van der Waals surface area contributed by atoms with Crippen LogP contribution in [0.5, 0.6) is 0 Å². The van der Waals surface area contributed by atoms with Gasteiger partial charge in [-0.2, -0.15) is 4.31 Å². The van der Waals surface area contributed by atoms with E-state index in [2.05, 4.69) is 31.9 Å². The molecule has 0 atom stereocenters. The Kier molecular flexibility index (Phi) is 5.48. The van der Waals surface area contributed by atoms with Gasteiger partial charge in [0, 0.05) is 27.6 Å². The van der Waals surface area contributed by atoms with Crippen LogP contribution in [0.2, 0.25) is 5.02 Å². The Bertz CT molecular complexity index is 748. The molecule has 0 aliphatic carbocycles. The Morgan fingerprint density at radius 1 is 1.10 bits per heavy atom. The van der Waals surface area contributed by atoms with Crippen LogP contribution < -0.4 is 0 Å². The van der Waals surface area contributed by atoms with Gasteiger partial charge in [-0.05, 0) is 51.8 Å². The van der Waals surface area contributed by atoms with Crippen LogP contribution in [-0.2, 0) is 16.6 Å². The van der Waals surface area contributed by atoms with Crippen LogP contribution in [0.3, 0.4) is 0 Å². The van der Waals surface area contributed by atoms with Crippen LogP contribution in [0.4, 0.5) is 0 Å². The van der Waals surface area contributed by atoms with Gasteiger partial charge >= 0.3 is 0 Å². The first-order chi connectivity index (χ1) is 9.80. The van der Waals surface area contributed by atoms with Crippen LogP contribution in [-0.4, -0.2) is 19.8 Å². The van der Waals surface area contributed by atoms with Crippen LogP contribution >= 0.6 is 43.5 Å². The lowest BCUT2D eigenvalue weighted by molar-refractivity contribution is 0.466. The van der Waals surface area contributed by atoms with E-state index >= 15 is 0 Å². The van der Waals surface area contributed by atoms with E-state index in [1.807, 2.05) is 12.1 Å². The summed E-state index contributed by atoms with van der Waals surface area (Å²) >= 11 is 12.4. The molecule has 21 heavy (non-hydrogen) atoms. The summed E-state index contributed by atoms with van der Waals surface area (Å²) in [6.45, 7) is 0.280. The molecule has 0 spiro atoms. The maximum atomic E-state index is 12.6. The predicted octanol–water partition coefficient (Wildman–Crippen LogP) is 4.69. The molecule has 0 saturated heterocycles. The summed E-state index contributed by atoms with van der Waals surface area (Å²) in [7, 11) is -2.01. The molecule has 7 heteroatoms. The molecule has 112 valence electrons. The summed E-state index contributed by atoms with van der Waals surface area (Å²) < 4.78 is 27.8. The maximum Gasteiger partial charge on any atom is 0.244 e. The quantitative estimate of drug-likeness (QED) is 0.674. The molecular weight excluding hydrogens is 441 g/mol. The van der Waals surface area contributed by atoms with Crippen molar-refractivity contribution in [2.24, 2.45) is 0 Å². The summed E-state index contributed by atoms with van der Waals surface area (Å²) in [4.78, 5) is 0.238. The molecule has 0 radical (unpaired) electrons. The highest BCUT2D eigenvalue weighted by Crippen LogP contribution is 2.28. The van der Waals surface area contributed by atoms with Gasteiger partial charge in [0.25, 0.3) is 0 Å². The predicted molar refractivity (Wildman–Crippen MR) is 91.9 cm³/mol. The lowest BCUT2D eigenvalue weighted by Gasteiger charge is -2.18. The van der Waals surface area contributed by atoms with E-state index in [4.69, 9.17) is 11.6 Å². The van der Waals surface area contributed by atoms with E-state index in [0.717, 1.165) is 10.0 Å². The molecule has 0 saturated carbocycles. The number of hydrogen-bond donors (Lipinski definition) is 0. The van der Waals surface area contributed by atoms with Crippen LogP contribution in [0.15, 0.2) is 56.3 Å². The average Bonchev–Trinajstić information content (AvgIpc) is 2.40. The molecule has 0 fully saturated rings. The fourth-order valence-corrected chi connectivity index (χ4v) is 4.77. The number of rotatable bonds is 4. The highest BCUT2D eigenvalue weighted by atomic mass is 79.9. The lowest BCUT2D eigenvalue weighted by Crippen LogP contribution is -2.26. The molecule has 2 aromatic carbocycles. The summed E-state index contributed by atoms with van der Waals surface area (Å²) in [5.74, 6) is 0. The van der Waals surface area contributed by atoms with Gasteiger partial charge in [0.2, 0.25) is 10.0 Å². The molecular formula is C14H12Br2ClNO2S. The second kappa shape index (κ2) is 6.79. The molecule has 0 N–H and O–H groups in total. The van der Waals surface area contributed by atoms with Gasteiger partial charge in [-0.25, -0.2) is 8.42 Å². The van der Waals surface area contributed by atoms with E-state index in [9.17, 15) is 8.42 Å². The highest BCUT2D eigenvalue weighted by molar-refractivity contribution is 9.11. The maximum absolute atomic E-state index is 12.6. The minimum Gasteiger partial charge on any atom is -0.207 e. The van der Waals surface area contributed by atoms with Gasteiger partial charge < -0.3 is 0 Å². The molecule has 0 amide bonds. The van der Waals surface area contributed by atoms with E-state index in [0.29, 0.717) is 9.50 Å². The number of hydrogen-bond acceptors (Lipinski definition) is 2. The first kappa shape index (κ1) is 17.0. The van der Waals surface area contributed by atoms with Gasteiger partial charge in [0.05, 0.1) is 4.90 Å². The fraction of sp³-hybridized carbons (Fsp3) is 0.143. The Hall–Kier alpha value is -0.400. The highest BCUT2D eigenvalue weighted by Gasteiger charge is 2.23. The molecule has 0 unspecified atom stereocenters. The zero-order chi connectivity index (χ0) is 15.6. The van der Waals surface area contributed by atoms with E-state index in [1.165, 1.54) is 4.31 Å². The molecule has 2 rings (SSSR count). The fourth-order valence-electron chi connectivity index (χ4n) is 1.78. The summed E-state index contributed by atoms with van der Waals surface area (Å²) in [6, 6.07) is 12.1. The van der Waals surface area contributed by atoms with Gasteiger partial charge in [0.15, 0.2) is 0 Å². The van der Waals surface area contributed by atoms with Crippen molar-refractivity contribution >= 4 is 53.5 Å². The Balaban J connectivity index is 2.28. The van der Waals surface area contributed by atoms with E-state index < -0.39 is 10.0 Å². The Labute approximate surface area is 146 Å². The van der Waals surface area contributed by atoms with Gasteiger partial charge in [0.1, 0.15) is 0 Å². The van der Waals surface area contributed by atoms with Crippen molar-refractivity contribution in [2.75, 3.05) is 7.05 Å². The summed E-state index contributed by atoms with van der Waals surface area (Å²) in [5.41, 5.74) is 0.874. The second-order valence-electron chi connectivity index (χ2n) is 4.46. The Morgan fingerprint density at radius 2 is 1.71 bits per heavy atom. The smallest absolute Gasteiger partial charge is 0.207 e. The number of sulfonamides is 1. The van der Waals surface area contributed by atoms with E-state index in [1.54, 1.807) is 37.4 Å². The number of halogens is 3. The van der Waals surface area contributed by atoms with Crippen LogP contribution in [0.25, 0.3) is 0 Å². The van der Waals surface area contributed by atoms with Gasteiger partial charge in [-0.1, -0.05) is 39.7 Å². The third-order valence-corrected chi connectivity index (χ3v) is 6.43. The topological polar surface area (TPSA) is 37.4 Å². The normalized spacial score (nSPS) is 11.9. The van der Waals surface area contributed by atoms with Crippen molar-refractivity contribution in [1.29, 1.82) is 0 Å². The largest absolute Gasteiger partial charge is 0.244 e. The molecule has 0 aliphatic rings. The van der Waals surface area contributed by atoms with Crippen molar-refractivity contribution in [3.63, 3.8) is 0 Å². The molecule has 0 heterocycles. The molecule has 3 nitrogen and oxygen atoms in total. The molecule has 0 aromatic heterocycles. The lowest BCUT2D eigenvalue weighted by atomic mass is 10.2. The van der Waals surface area contributed by atoms with Crippen LogP contribution in [0, 0.1) is 0 Å². The second-order valence-corrected chi connectivity index (χ2v) is 8.68. The van der Waals surface area contributed by atoms with Gasteiger partial charge in [-0.3, -0.25) is 0 Å². The van der Waals surface area contributed by atoms with Gasteiger partial charge in [-0.15, -0.1) is 0 Å². The van der Waals surface area contributed by atoms with Crippen molar-refractivity contribution in [2.45, 2.75) is 11.4 Å². The monoisotopic (exact) mass is 451 g/mol. The molecule has 0 aliphatic heterocycles. The number of nitrogens with zero attached hydrogens (tertiary/aromatic N) is 1. The first-order valence-corrected chi connectivity index (χ1v) is 9.37. The zero-order valence-corrected chi connectivity index (χ0v) is 15.8. The van der Waals surface area contributed by atoms with Crippen molar-refractivity contribution in [3.8, 4) is 0 Å². The summed E-state index contributed by atoms with van der Waals surface area (Å²) in [6.07, 6.45) is 0. The Morgan fingerprint density at radius 3 is 2.29 bits per heavy atom. The SMILES string of the molecule is CN(Cc1ccc(Cl)cc1)S(=O)(=O)c1ccc(Br)cc1Br. The molecule has 2 aromatic rings.